The molecule has 0 spiro atoms. The fourth-order valence-corrected chi connectivity index (χ4v) is 4.35. The second kappa shape index (κ2) is 9.15. The van der Waals surface area contributed by atoms with E-state index in [9.17, 15) is 4.79 Å². The van der Waals surface area contributed by atoms with Crippen LogP contribution in [0.3, 0.4) is 0 Å². The second-order valence-electron chi connectivity index (χ2n) is 9.55. The Morgan fingerprint density at radius 3 is 2.21 bits per heavy atom. The van der Waals surface area contributed by atoms with E-state index >= 15 is 0 Å². The van der Waals surface area contributed by atoms with E-state index in [2.05, 4.69) is 20.3 Å². The van der Waals surface area contributed by atoms with E-state index in [1.807, 2.05) is 29.8 Å². The van der Waals surface area contributed by atoms with Crippen LogP contribution in [0.1, 0.15) is 10.4 Å². The standard InChI is InChI=1S/C23H14B8N6O2/c1-36-11-32-10-16(36)12-2-3-14-9-34-17(7-15(14)6-12)35-19(38)13-4-5-33-18(8-13)37-20(24,25)22(28,29)39-23(30,31)21(37,26)27/h2-11H,1H3,(H,34,35,38). The molecule has 0 aliphatic carbocycles. The van der Waals surface area contributed by atoms with Crippen molar-refractivity contribution in [3.05, 3.63) is 66.9 Å². The third-order valence-corrected chi connectivity index (χ3v) is 6.64. The molecule has 0 bridgehead atoms. The molecule has 1 aliphatic heterocycles. The van der Waals surface area contributed by atoms with Crippen LogP contribution in [0.5, 0.6) is 0 Å². The summed E-state index contributed by atoms with van der Waals surface area (Å²) in [6.07, 6.45) is 6.46. The number of hydrogen-bond donors (Lipinski definition) is 1. The predicted octanol–water partition coefficient (Wildman–Crippen LogP) is -0.918. The number of imidazole rings is 1. The lowest BCUT2D eigenvalue weighted by molar-refractivity contribution is -0.0256. The Morgan fingerprint density at radius 1 is 0.872 bits per heavy atom. The zero-order chi connectivity index (χ0) is 28.4. The summed E-state index contributed by atoms with van der Waals surface area (Å²) in [5.41, 5.74) is 2.03. The molecular formula is C23H14B8N6O2. The quantitative estimate of drug-likeness (QED) is 0.371. The first-order valence-electron chi connectivity index (χ1n) is 11.6. The largest absolute Gasteiger partial charge is 0.405 e. The van der Waals surface area contributed by atoms with E-state index in [0.717, 1.165) is 26.9 Å². The van der Waals surface area contributed by atoms with Gasteiger partial charge in [0.05, 0.1) is 49.6 Å². The van der Waals surface area contributed by atoms with Gasteiger partial charge < -0.3 is 19.5 Å². The van der Waals surface area contributed by atoms with Gasteiger partial charge in [-0.15, -0.1) is 0 Å². The van der Waals surface area contributed by atoms with Gasteiger partial charge in [-0.25, -0.2) is 15.0 Å². The van der Waals surface area contributed by atoms with Gasteiger partial charge in [0, 0.05) is 36.0 Å². The monoisotopic (exact) mass is 494 g/mol. The van der Waals surface area contributed by atoms with Crippen LogP contribution in [0.4, 0.5) is 11.6 Å². The molecule has 4 heterocycles. The molecule has 1 fully saturated rings. The number of carbonyl (C=O) groups excluding carboxylic acids is 1. The van der Waals surface area contributed by atoms with Crippen molar-refractivity contribution in [1.29, 1.82) is 0 Å². The molecule has 172 valence electrons. The average molecular weight is 493 g/mol. The van der Waals surface area contributed by atoms with Gasteiger partial charge in [-0.05, 0) is 51.1 Å². The molecule has 1 amide bonds. The molecule has 16 heteroatoms. The van der Waals surface area contributed by atoms with E-state index in [-0.39, 0.29) is 11.4 Å². The molecule has 3 aromatic heterocycles. The highest BCUT2D eigenvalue weighted by Crippen LogP contribution is 2.42. The number of benzene rings is 1. The van der Waals surface area contributed by atoms with Crippen LogP contribution in [0, 0.1) is 0 Å². The van der Waals surface area contributed by atoms with Crippen molar-refractivity contribution in [2.24, 2.45) is 7.05 Å². The van der Waals surface area contributed by atoms with Gasteiger partial charge in [0.15, 0.2) is 0 Å². The molecule has 1 aliphatic rings. The van der Waals surface area contributed by atoms with Gasteiger partial charge in [0.25, 0.3) is 5.91 Å². The Labute approximate surface area is 236 Å². The number of nitrogens with one attached hydrogen (secondary N) is 1. The third-order valence-electron chi connectivity index (χ3n) is 6.64. The van der Waals surface area contributed by atoms with Crippen LogP contribution in [-0.4, -0.2) is 110 Å². The van der Waals surface area contributed by atoms with Gasteiger partial charge in [0.1, 0.15) is 43.0 Å². The van der Waals surface area contributed by atoms with E-state index in [1.54, 1.807) is 24.8 Å². The zero-order valence-electron chi connectivity index (χ0n) is 20.9. The maximum Gasteiger partial charge on any atom is 0.257 e. The number of rotatable bonds is 4. The van der Waals surface area contributed by atoms with E-state index in [1.165, 1.54) is 18.3 Å². The zero-order valence-corrected chi connectivity index (χ0v) is 20.9. The molecule has 0 atom stereocenters. The molecule has 8 nitrogen and oxygen atoms in total. The molecule has 16 radical (unpaired) electrons. The molecule has 1 N–H and O–H groups in total. The van der Waals surface area contributed by atoms with Crippen molar-refractivity contribution >= 4 is 91.1 Å². The summed E-state index contributed by atoms with van der Waals surface area (Å²) in [6.45, 7) is 0. The minimum Gasteiger partial charge on any atom is -0.405 e. The van der Waals surface area contributed by atoms with Gasteiger partial charge in [0.2, 0.25) is 0 Å². The van der Waals surface area contributed by atoms with Crippen molar-refractivity contribution in [1.82, 2.24) is 19.5 Å². The lowest BCUT2D eigenvalue weighted by atomic mass is 9.30. The Morgan fingerprint density at radius 2 is 1.56 bits per heavy atom. The Bertz CT molecular complexity index is 1570. The van der Waals surface area contributed by atoms with E-state index in [0.29, 0.717) is 5.82 Å². The summed E-state index contributed by atoms with van der Waals surface area (Å²) < 4.78 is 7.13. The van der Waals surface area contributed by atoms with Crippen molar-refractivity contribution in [3.63, 3.8) is 0 Å². The van der Waals surface area contributed by atoms with Crippen molar-refractivity contribution < 1.29 is 9.53 Å². The summed E-state index contributed by atoms with van der Waals surface area (Å²) >= 11 is 0. The van der Waals surface area contributed by atoms with Crippen LogP contribution in [0.15, 0.2) is 61.3 Å². The average Bonchev–Trinajstić information content (AvgIpc) is 3.28. The number of nitrogens with zero attached hydrogens (tertiary/aromatic N) is 5. The maximum absolute atomic E-state index is 13.2. The first-order chi connectivity index (χ1) is 18.1. The summed E-state index contributed by atoms with van der Waals surface area (Å²) in [5, 5.41) is -4.64. The second-order valence-corrected chi connectivity index (χ2v) is 9.55. The molecule has 0 saturated carbocycles. The van der Waals surface area contributed by atoms with Crippen LogP contribution >= 0.6 is 0 Å². The van der Waals surface area contributed by atoms with Crippen LogP contribution < -0.4 is 10.2 Å². The predicted molar refractivity (Wildman–Crippen MR) is 157 cm³/mol. The fraction of sp³-hybridized carbons (Fsp3) is 0.217. The lowest BCUT2D eigenvalue weighted by Crippen LogP contribution is -2.86. The number of morpholine rings is 1. The fourth-order valence-electron chi connectivity index (χ4n) is 4.35. The highest BCUT2D eigenvalue weighted by atomic mass is 16.5. The molecule has 4 aromatic rings. The highest BCUT2D eigenvalue weighted by molar-refractivity contribution is 6.61. The summed E-state index contributed by atoms with van der Waals surface area (Å²) in [7, 11) is 50.5. The molecule has 1 saturated heterocycles. The smallest absolute Gasteiger partial charge is 0.257 e. The topological polar surface area (TPSA) is 85.2 Å². The van der Waals surface area contributed by atoms with Crippen LogP contribution in [-0.2, 0) is 11.8 Å². The van der Waals surface area contributed by atoms with E-state index < -0.39 is 27.4 Å². The van der Waals surface area contributed by atoms with Crippen molar-refractivity contribution in [2.75, 3.05) is 10.2 Å². The number of aromatic nitrogens is 4. The minimum atomic E-state index is -2.32. The van der Waals surface area contributed by atoms with Crippen molar-refractivity contribution in [3.8, 4) is 11.3 Å². The van der Waals surface area contributed by atoms with Crippen molar-refractivity contribution in [2.45, 2.75) is 21.5 Å². The van der Waals surface area contributed by atoms with Gasteiger partial charge in [-0.3, -0.25) is 4.79 Å². The summed E-state index contributed by atoms with van der Waals surface area (Å²) in [6, 6.07) is 10.4. The number of ether oxygens (including phenoxy) is 1. The Balaban J connectivity index is 1.46. The molecule has 5 rings (SSSR count). The SMILES string of the molecule is [B]C1([B])OC([B])([B])C([B])([B])N(c2cc(C(=O)Nc3cc4cc(-c5cncn5C)ccc4cn3)ccn2)C1([B])[B]. The number of carbonyl (C=O) groups is 1. The first-order valence-corrected chi connectivity index (χ1v) is 11.6. The third kappa shape index (κ3) is 4.52. The number of pyridine rings is 2. The van der Waals surface area contributed by atoms with Gasteiger partial charge in [-0.2, -0.15) is 0 Å². The minimum absolute atomic E-state index is 0.0891. The number of hydrogen-bond acceptors (Lipinski definition) is 6. The van der Waals surface area contributed by atoms with Crippen LogP contribution in [0.25, 0.3) is 22.0 Å². The number of fused-ring (bicyclic) bond motifs is 1. The number of aryl methyl sites for hydroxylation is 1. The number of anilines is 2. The molecule has 1 aromatic carbocycles. The molecule has 0 unspecified atom stereocenters. The van der Waals surface area contributed by atoms with Gasteiger partial charge >= 0.3 is 0 Å². The molecular weight excluding hydrogens is 479 g/mol. The maximum atomic E-state index is 13.2. The van der Waals surface area contributed by atoms with E-state index in [4.69, 9.17) is 67.5 Å². The lowest BCUT2D eigenvalue weighted by Gasteiger charge is -2.70. The summed E-state index contributed by atoms with van der Waals surface area (Å²) in [5.74, 6) is -0.308. The summed E-state index contributed by atoms with van der Waals surface area (Å²) in [4.78, 5) is 26.8. The number of amides is 1. The van der Waals surface area contributed by atoms with Crippen LogP contribution in [0.2, 0.25) is 0 Å². The van der Waals surface area contributed by atoms with Gasteiger partial charge in [-0.1, -0.05) is 12.1 Å². The first kappa shape index (κ1) is 27.3. The Kier molecular flexibility index (Phi) is 6.41. The molecule has 39 heavy (non-hydrogen) atoms. The normalized spacial score (nSPS) is 18.9. The highest BCUT2D eigenvalue weighted by Gasteiger charge is 2.57. The Hall–Kier alpha value is -3.26.